The van der Waals surface area contributed by atoms with Crippen molar-refractivity contribution in [3.8, 4) is 0 Å². The number of hydrogen-bond donors (Lipinski definition) is 0. The summed E-state index contributed by atoms with van der Waals surface area (Å²) in [5.74, 6) is 6.17. The third-order valence-corrected chi connectivity index (χ3v) is 27.2. The van der Waals surface area contributed by atoms with E-state index in [1.54, 1.807) is 0 Å². The van der Waals surface area contributed by atoms with Gasteiger partial charge < -0.3 is 34.3 Å². The summed E-state index contributed by atoms with van der Waals surface area (Å²) in [6, 6.07) is 7.81. The van der Waals surface area contributed by atoms with Crippen LogP contribution in [0, 0.1) is 51.8 Å². The zero-order valence-electron chi connectivity index (χ0n) is 66.3. The van der Waals surface area contributed by atoms with Crippen LogP contribution < -0.4 is 0 Å². The van der Waals surface area contributed by atoms with Gasteiger partial charge in [-0.3, -0.25) is 14.7 Å². The zero-order valence-corrected chi connectivity index (χ0v) is 66.3. The van der Waals surface area contributed by atoms with Gasteiger partial charge in [0.15, 0.2) is 0 Å². The fraction of sp³-hybridized carbons (Fsp3) is 1.00. The van der Waals surface area contributed by atoms with Crippen molar-refractivity contribution < 1.29 is 0 Å². The number of nitrogens with zero attached hydrogens (tertiary/aromatic N) is 10. The van der Waals surface area contributed by atoms with Crippen LogP contribution in [0.25, 0.3) is 0 Å². The maximum atomic E-state index is 2.66. The standard InChI is InChI=1S/C11H21N.2C10H19N.C9H18N2.2C9H17N.C9H19N.2C8H17N/c1-10(2)12-8-7-11(9-12)5-3-4-6-11;2*1-8(2)11-6-9-4-3-5-10(9)7-11;1-8(2)11-6-5-10-4-3-9(11)7-10;2*1-8(2)10-6-9(7-10)4-3-5-9;1-8(2)10-6-4-9(3)5-7-10;1-7(2)9-5-4-8(3)6-9;1-8(2)9-6-4-3-5-7-9/h10H,3-9H2,1-2H3;2*8-10H,3-7H2,1-2H3;8-9H,3-7H2,1-2H3;2*8H,3-7H2,1-2H3;8-9H,4-7H2,1-3H3;7-8H,4-6H2,1-3H3;8H,3-7H2,1-2H3. The summed E-state index contributed by atoms with van der Waals surface area (Å²) in [6.45, 7) is 73.2. The number of piperidine rings is 2. The Labute approximate surface area is 581 Å². The molecule has 10 heterocycles. The molecule has 15 fully saturated rings. The lowest BCUT2D eigenvalue weighted by Crippen LogP contribution is -2.61. The molecule has 7 unspecified atom stereocenters. The Kier molecular flexibility index (Phi) is 33.2. The third-order valence-electron chi connectivity index (χ3n) is 27.2. The fourth-order valence-corrected chi connectivity index (χ4v) is 19.5. The molecule has 10 nitrogen and oxygen atoms in total. The Balaban J connectivity index is 0.000000148. The summed E-state index contributed by atoms with van der Waals surface area (Å²) in [7, 11) is 0. The van der Waals surface area contributed by atoms with E-state index in [1.807, 2.05) is 0 Å². The second-order valence-electron chi connectivity index (χ2n) is 37.3. The minimum Gasteiger partial charge on any atom is -0.301 e. The first-order valence-corrected chi connectivity index (χ1v) is 41.6. The van der Waals surface area contributed by atoms with Gasteiger partial charge in [-0.25, -0.2) is 0 Å². The highest BCUT2D eigenvalue weighted by Gasteiger charge is 2.49. The smallest absolute Gasteiger partial charge is 0.0238 e. The minimum absolute atomic E-state index is 0.750. The highest BCUT2D eigenvalue weighted by molar-refractivity contribution is 5.02. The normalized spacial score (nSPS) is 31.6. The SMILES string of the molecule is CC(C)N1CC2(CCC2)C1.CC(C)N1CC2(CCC2)C1.CC(C)N1CC2CCCC2C1.CC(C)N1CC2CCCC2C1.CC(C)N1CCC2(CCCC2)C1.CC(C)N1CCCCC1.CC(C)N1CCN2CCC1C2.CC1CCN(C(C)C)C1.CC1CCN(C(C)C)CC1. The van der Waals surface area contributed by atoms with Gasteiger partial charge in [0.1, 0.15) is 0 Å². The lowest BCUT2D eigenvalue weighted by molar-refractivity contribution is -0.0758. The van der Waals surface area contributed by atoms with Crippen molar-refractivity contribution in [3.05, 3.63) is 0 Å². The molecule has 10 heteroatoms. The van der Waals surface area contributed by atoms with Gasteiger partial charge in [0.05, 0.1) is 0 Å². The first-order chi connectivity index (χ1) is 44.2. The second-order valence-corrected chi connectivity index (χ2v) is 37.3. The first-order valence-electron chi connectivity index (χ1n) is 41.6. The molecule has 0 aromatic carbocycles. The van der Waals surface area contributed by atoms with Crippen molar-refractivity contribution in [2.75, 3.05) is 131 Å². The molecule has 7 atom stereocenters. The van der Waals surface area contributed by atoms with E-state index in [0.717, 1.165) is 112 Å². The van der Waals surface area contributed by atoms with E-state index >= 15 is 0 Å². The molecule has 0 aromatic rings. The molecule has 5 saturated carbocycles. The fourth-order valence-electron chi connectivity index (χ4n) is 19.5. The summed E-state index contributed by atoms with van der Waals surface area (Å²) < 4.78 is 0. The Morgan fingerprint density at radius 1 is 0.237 bits per heavy atom. The molecular weight excluding hydrogens is 1140 g/mol. The van der Waals surface area contributed by atoms with Gasteiger partial charge in [-0.15, -0.1) is 0 Å². The van der Waals surface area contributed by atoms with Crippen LogP contribution in [-0.4, -0.2) is 240 Å². The van der Waals surface area contributed by atoms with Crippen LogP contribution in [0.2, 0.25) is 0 Å². The second kappa shape index (κ2) is 38.6. The summed E-state index contributed by atoms with van der Waals surface area (Å²) >= 11 is 0. The molecule has 10 aliphatic heterocycles. The summed E-state index contributed by atoms with van der Waals surface area (Å²) in [4.78, 5) is 26.0. The highest BCUT2D eigenvalue weighted by Crippen LogP contribution is 2.50. The number of hydrogen-bond acceptors (Lipinski definition) is 10. The number of rotatable bonds is 9. The average Bonchev–Trinajstić information content (AvgIpc) is 1.77. The molecule has 15 aliphatic rings. The molecule has 0 aromatic heterocycles. The summed E-state index contributed by atoms with van der Waals surface area (Å²) in [5, 5.41) is 0. The zero-order chi connectivity index (χ0) is 67.6. The number of piperazine rings is 1. The van der Waals surface area contributed by atoms with Crippen molar-refractivity contribution in [3.63, 3.8) is 0 Å². The van der Waals surface area contributed by atoms with Gasteiger partial charge in [-0.1, -0.05) is 58.8 Å². The minimum atomic E-state index is 0.750. The van der Waals surface area contributed by atoms with Crippen LogP contribution in [0.4, 0.5) is 0 Å². The lowest BCUT2D eigenvalue weighted by Gasteiger charge is -2.57. The van der Waals surface area contributed by atoms with E-state index < -0.39 is 0 Å². The summed E-state index contributed by atoms with van der Waals surface area (Å²) in [6.07, 6.45) is 35.4. The molecule has 10 saturated heterocycles. The van der Waals surface area contributed by atoms with Crippen molar-refractivity contribution in [2.45, 2.75) is 353 Å². The van der Waals surface area contributed by atoms with E-state index in [0.29, 0.717) is 0 Å². The Morgan fingerprint density at radius 2 is 0.613 bits per heavy atom. The van der Waals surface area contributed by atoms with Gasteiger partial charge in [-0.05, 0) is 331 Å². The molecule has 3 spiro atoms. The number of fused-ring (bicyclic) bond motifs is 4. The summed E-state index contributed by atoms with van der Waals surface area (Å²) in [5.41, 5.74) is 2.42. The quantitative estimate of drug-likeness (QED) is 0.223. The Morgan fingerprint density at radius 3 is 0.946 bits per heavy atom. The molecule has 0 radical (unpaired) electrons. The molecule has 2 bridgehead atoms. The van der Waals surface area contributed by atoms with Gasteiger partial charge in [0, 0.05) is 146 Å². The molecular formula is C83H164N10. The van der Waals surface area contributed by atoms with Crippen molar-refractivity contribution in [1.82, 2.24) is 49.0 Å². The topological polar surface area (TPSA) is 32.4 Å². The van der Waals surface area contributed by atoms with Gasteiger partial charge in [0.2, 0.25) is 0 Å². The van der Waals surface area contributed by atoms with Crippen molar-refractivity contribution >= 4 is 0 Å². The van der Waals surface area contributed by atoms with Crippen LogP contribution in [0.5, 0.6) is 0 Å². The van der Waals surface area contributed by atoms with Gasteiger partial charge in [0.25, 0.3) is 0 Å². The monoisotopic (exact) mass is 1300 g/mol. The molecule has 93 heavy (non-hydrogen) atoms. The van der Waals surface area contributed by atoms with Crippen molar-refractivity contribution in [1.29, 1.82) is 0 Å². The molecule has 546 valence electrons. The van der Waals surface area contributed by atoms with Crippen LogP contribution >= 0.6 is 0 Å². The molecule has 15 rings (SSSR count). The predicted molar refractivity (Wildman–Crippen MR) is 406 cm³/mol. The number of likely N-dealkylation sites (tertiary alicyclic amines) is 8. The first kappa shape index (κ1) is 79.9. The largest absolute Gasteiger partial charge is 0.301 e. The Hall–Kier alpha value is -0.400. The Bertz CT molecular complexity index is 1870. The lowest BCUT2D eigenvalue weighted by atomic mass is 9.63. The van der Waals surface area contributed by atoms with Gasteiger partial charge >= 0.3 is 0 Å². The van der Waals surface area contributed by atoms with Crippen molar-refractivity contribution in [2.24, 2.45) is 51.8 Å². The predicted octanol–water partition coefficient (Wildman–Crippen LogP) is 17.2. The third kappa shape index (κ3) is 24.7. The van der Waals surface area contributed by atoms with Crippen LogP contribution in [0.3, 0.4) is 0 Å². The van der Waals surface area contributed by atoms with Crippen LogP contribution in [0.1, 0.15) is 293 Å². The van der Waals surface area contributed by atoms with E-state index in [4.69, 9.17) is 0 Å². The molecule has 0 N–H and O–H groups in total. The maximum Gasteiger partial charge on any atom is 0.0238 e. The van der Waals surface area contributed by atoms with Crippen LogP contribution in [-0.2, 0) is 0 Å². The van der Waals surface area contributed by atoms with E-state index in [2.05, 4.69) is 187 Å². The van der Waals surface area contributed by atoms with E-state index in [-0.39, 0.29) is 0 Å². The van der Waals surface area contributed by atoms with E-state index in [9.17, 15) is 0 Å². The molecule has 5 aliphatic carbocycles. The van der Waals surface area contributed by atoms with Crippen LogP contribution in [0.15, 0.2) is 0 Å². The highest BCUT2D eigenvalue weighted by atomic mass is 15.3. The van der Waals surface area contributed by atoms with E-state index in [1.165, 1.54) is 285 Å². The molecule has 0 amide bonds. The average molecular weight is 1300 g/mol. The maximum absolute atomic E-state index is 2.66. The van der Waals surface area contributed by atoms with Gasteiger partial charge in [-0.2, -0.15) is 0 Å².